The predicted molar refractivity (Wildman–Crippen MR) is 63.4 cm³/mol. The van der Waals surface area contributed by atoms with Crippen molar-refractivity contribution in [3.63, 3.8) is 0 Å². The molecule has 0 aliphatic heterocycles. The largest absolute Gasteiger partial charge is 0.457 e. The number of hydrogen-bond donors (Lipinski definition) is 0. The summed E-state index contributed by atoms with van der Waals surface area (Å²) in [4.78, 5) is 10.7. The van der Waals surface area contributed by atoms with Gasteiger partial charge in [0.15, 0.2) is 6.29 Å². The third kappa shape index (κ3) is 2.41. The van der Waals surface area contributed by atoms with Gasteiger partial charge in [-0.05, 0) is 30.3 Å². The first-order valence-electron chi connectivity index (χ1n) is 4.77. The smallest absolute Gasteiger partial charge is 0.151 e. The second-order valence-corrected chi connectivity index (χ2v) is 3.62. The fourth-order valence-corrected chi connectivity index (χ4v) is 1.46. The van der Waals surface area contributed by atoms with Crippen LogP contribution in [0.5, 0.6) is 11.5 Å². The van der Waals surface area contributed by atoms with E-state index in [4.69, 9.17) is 16.3 Å². The van der Waals surface area contributed by atoms with Crippen molar-refractivity contribution in [2.24, 2.45) is 0 Å². The van der Waals surface area contributed by atoms with Crippen LogP contribution in [0.2, 0.25) is 5.02 Å². The molecule has 0 heterocycles. The van der Waals surface area contributed by atoms with E-state index >= 15 is 0 Å². The van der Waals surface area contributed by atoms with Gasteiger partial charge in [0.05, 0.1) is 5.02 Å². The van der Waals surface area contributed by atoms with E-state index in [1.54, 1.807) is 18.2 Å². The summed E-state index contributed by atoms with van der Waals surface area (Å²) in [5.74, 6) is 1.32. The van der Waals surface area contributed by atoms with Crippen LogP contribution in [0, 0.1) is 0 Å². The molecule has 2 aromatic rings. The number of para-hydroxylation sites is 1. The van der Waals surface area contributed by atoms with E-state index in [1.807, 2.05) is 30.3 Å². The van der Waals surface area contributed by atoms with E-state index in [0.717, 1.165) is 5.75 Å². The summed E-state index contributed by atoms with van der Waals surface area (Å²) in [6.07, 6.45) is 0.709. The lowest BCUT2D eigenvalue weighted by Gasteiger charge is -2.06. The average Bonchev–Trinajstić information content (AvgIpc) is 2.33. The minimum absolute atomic E-state index is 0.426. The van der Waals surface area contributed by atoms with Crippen LogP contribution in [0.1, 0.15) is 10.4 Å². The SMILES string of the molecule is O=Cc1cc(Oc2ccccc2)ccc1Cl. The molecule has 0 radical (unpaired) electrons. The molecule has 0 atom stereocenters. The van der Waals surface area contributed by atoms with Gasteiger partial charge in [-0.2, -0.15) is 0 Å². The maximum absolute atomic E-state index is 10.7. The molecule has 0 spiro atoms. The Morgan fingerprint density at radius 1 is 1.00 bits per heavy atom. The number of aldehydes is 1. The molecule has 80 valence electrons. The van der Waals surface area contributed by atoms with Gasteiger partial charge in [0.2, 0.25) is 0 Å². The maximum Gasteiger partial charge on any atom is 0.151 e. The molecule has 0 aromatic heterocycles. The van der Waals surface area contributed by atoms with Crippen LogP contribution in [-0.2, 0) is 0 Å². The van der Waals surface area contributed by atoms with Gasteiger partial charge in [0, 0.05) is 5.56 Å². The van der Waals surface area contributed by atoms with E-state index in [1.165, 1.54) is 0 Å². The Bertz CT molecular complexity index is 495. The normalized spacial score (nSPS) is 9.81. The van der Waals surface area contributed by atoms with Gasteiger partial charge in [-0.1, -0.05) is 29.8 Å². The van der Waals surface area contributed by atoms with E-state index in [0.29, 0.717) is 22.6 Å². The van der Waals surface area contributed by atoms with Gasteiger partial charge in [-0.3, -0.25) is 4.79 Å². The van der Waals surface area contributed by atoms with Gasteiger partial charge in [-0.15, -0.1) is 0 Å². The Kier molecular flexibility index (Phi) is 3.22. The van der Waals surface area contributed by atoms with Crippen molar-refractivity contribution in [1.29, 1.82) is 0 Å². The zero-order valence-corrected chi connectivity index (χ0v) is 9.15. The fraction of sp³-hybridized carbons (Fsp3) is 0. The molecule has 0 N–H and O–H groups in total. The van der Waals surface area contributed by atoms with Crippen LogP contribution in [-0.4, -0.2) is 6.29 Å². The lowest BCUT2D eigenvalue weighted by atomic mass is 10.2. The third-order valence-electron chi connectivity index (χ3n) is 2.07. The molecule has 2 nitrogen and oxygen atoms in total. The first-order valence-corrected chi connectivity index (χ1v) is 5.15. The minimum Gasteiger partial charge on any atom is -0.457 e. The number of carbonyl (C=O) groups excluding carboxylic acids is 1. The zero-order chi connectivity index (χ0) is 11.4. The quantitative estimate of drug-likeness (QED) is 0.749. The molecular weight excluding hydrogens is 224 g/mol. The highest BCUT2D eigenvalue weighted by molar-refractivity contribution is 6.33. The first-order chi connectivity index (χ1) is 7.79. The summed E-state index contributed by atoms with van der Waals surface area (Å²) in [6, 6.07) is 14.3. The Labute approximate surface area is 98.4 Å². The monoisotopic (exact) mass is 232 g/mol. The molecule has 0 fully saturated rings. The van der Waals surface area contributed by atoms with Crippen molar-refractivity contribution in [2.45, 2.75) is 0 Å². The summed E-state index contributed by atoms with van der Waals surface area (Å²) in [7, 11) is 0. The topological polar surface area (TPSA) is 26.3 Å². The molecule has 2 aromatic carbocycles. The molecule has 0 aliphatic carbocycles. The van der Waals surface area contributed by atoms with Gasteiger partial charge in [0.25, 0.3) is 0 Å². The molecular formula is C13H9ClO2. The molecule has 2 rings (SSSR count). The third-order valence-corrected chi connectivity index (χ3v) is 2.42. The second-order valence-electron chi connectivity index (χ2n) is 3.22. The van der Waals surface area contributed by atoms with E-state index in [-0.39, 0.29) is 0 Å². The number of hydrogen-bond acceptors (Lipinski definition) is 2. The van der Waals surface area contributed by atoms with Crippen molar-refractivity contribution in [2.75, 3.05) is 0 Å². The van der Waals surface area contributed by atoms with E-state index < -0.39 is 0 Å². The van der Waals surface area contributed by atoms with Crippen molar-refractivity contribution in [3.05, 3.63) is 59.1 Å². The predicted octanol–water partition coefficient (Wildman–Crippen LogP) is 3.94. The molecule has 0 unspecified atom stereocenters. The standard InChI is InChI=1S/C13H9ClO2/c14-13-7-6-12(8-10(13)9-15)16-11-4-2-1-3-5-11/h1-9H. The van der Waals surface area contributed by atoms with E-state index in [9.17, 15) is 4.79 Å². The molecule has 0 bridgehead atoms. The lowest BCUT2D eigenvalue weighted by Crippen LogP contribution is -1.87. The summed E-state index contributed by atoms with van der Waals surface area (Å²) in [5.41, 5.74) is 0.426. The van der Waals surface area contributed by atoms with Crippen LogP contribution < -0.4 is 4.74 Å². The van der Waals surface area contributed by atoms with Crippen molar-refractivity contribution >= 4 is 17.9 Å². The summed E-state index contributed by atoms with van der Waals surface area (Å²) >= 11 is 5.81. The Morgan fingerprint density at radius 3 is 2.44 bits per heavy atom. The summed E-state index contributed by atoms with van der Waals surface area (Å²) in [5, 5.41) is 0.426. The van der Waals surface area contributed by atoms with Gasteiger partial charge < -0.3 is 4.74 Å². The molecule has 0 aliphatic rings. The first kappa shape index (κ1) is 10.7. The maximum atomic E-state index is 10.7. The highest BCUT2D eigenvalue weighted by Crippen LogP contribution is 2.25. The highest BCUT2D eigenvalue weighted by Gasteiger charge is 2.02. The van der Waals surface area contributed by atoms with Crippen molar-refractivity contribution in [1.82, 2.24) is 0 Å². The van der Waals surface area contributed by atoms with E-state index in [2.05, 4.69) is 0 Å². The summed E-state index contributed by atoms with van der Waals surface area (Å²) in [6.45, 7) is 0. The van der Waals surface area contributed by atoms with Crippen LogP contribution >= 0.6 is 11.6 Å². The van der Waals surface area contributed by atoms with Crippen molar-refractivity contribution < 1.29 is 9.53 Å². The van der Waals surface area contributed by atoms with Crippen LogP contribution in [0.3, 0.4) is 0 Å². The molecule has 0 saturated heterocycles. The Hall–Kier alpha value is -1.80. The second kappa shape index (κ2) is 4.81. The fourth-order valence-electron chi connectivity index (χ4n) is 1.30. The van der Waals surface area contributed by atoms with Gasteiger partial charge in [-0.25, -0.2) is 0 Å². The molecule has 3 heteroatoms. The van der Waals surface area contributed by atoms with Crippen LogP contribution in [0.15, 0.2) is 48.5 Å². The number of benzene rings is 2. The van der Waals surface area contributed by atoms with Gasteiger partial charge in [0.1, 0.15) is 11.5 Å². The average molecular weight is 233 g/mol. The lowest BCUT2D eigenvalue weighted by molar-refractivity contribution is 0.112. The number of ether oxygens (including phenoxy) is 1. The molecule has 0 saturated carbocycles. The number of carbonyl (C=O) groups is 1. The Balaban J connectivity index is 2.26. The number of rotatable bonds is 3. The summed E-state index contributed by atoms with van der Waals surface area (Å²) < 4.78 is 5.56. The van der Waals surface area contributed by atoms with Crippen LogP contribution in [0.4, 0.5) is 0 Å². The minimum atomic E-state index is 0.426. The zero-order valence-electron chi connectivity index (χ0n) is 8.39. The Morgan fingerprint density at radius 2 is 1.75 bits per heavy atom. The van der Waals surface area contributed by atoms with Gasteiger partial charge >= 0.3 is 0 Å². The molecule has 0 amide bonds. The van der Waals surface area contributed by atoms with Crippen molar-refractivity contribution in [3.8, 4) is 11.5 Å². The number of halogens is 1. The van der Waals surface area contributed by atoms with Crippen LogP contribution in [0.25, 0.3) is 0 Å². The molecule has 16 heavy (non-hydrogen) atoms. The highest BCUT2D eigenvalue weighted by atomic mass is 35.5.